The number of Topliss-reactive ketones (excluding diaryl/α,β-unsaturated/α-hetero) is 1. The summed E-state index contributed by atoms with van der Waals surface area (Å²) >= 11 is 0. The lowest BCUT2D eigenvalue weighted by atomic mass is 9.87. The van der Waals surface area contributed by atoms with Gasteiger partial charge in [-0.1, -0.05) is 50.3 Å². The number of aryl methyl sites for hydroxylation is 1. The number of ether oxygens (including phenoxy) is 1. The zero-order valence-electron chi connectivity index (χ0n) is 12.2. The minimum Gasteiger partial charge on any atom is -0.484 e. The minimum absolute atomic E-state index is 0.0990. The van der Waals surface area contributed by atoms with Crippen LogP contribution < -0.4 is 4.74 Å². The molecule has 106 valence electrons. The van der Waals surface area contributed by atoms with E-state index in [1.54, 1.807) is 0 Å². The molecule has 1 aliphatic carbocycles. The third kappa shape index (κ3) is 2.65. The van der Waals surface area contributed by atoms with Crippen LogP contribution in [0.5, 0.6) is 5.75 Å². The summed E-state index contributed by atoms with van der Waals surface area (Å²) in [5.41, 5.74) is 3.01. The largest absolute Gasteiger partial charge is 0.484 e. The van der Waals surface area contributed by atoms with Crippen LogP contribution in [0.4, 0.5) is 0 Å². The highest BCUT2D eigenvalue weighted by molar-refractivity contribution is 6.03. The number of benzene rings is 1. The van der Waals surface area contributed by atoms with Crippen LogP contribution in [0.3, 0.4) is 0 Å². The molecular weight excluding hydrogens is 248 g/mol. The van der Waals surface area contributed by atoms with E-state index in [1.807, 2.05) is 12.1 Å². The first kappa shape index (κ1) is 13.4. The first-order valence-corrected chi connectivity index (χ1v) is 7.72. The quantitative estimate of drug-likeness (QED) is 0.805. The first-order chi connectivity index (χ1) is 9.75. The maximum absolute atomic E-state index is 11.7. The second-order valence-corrected chi connectivity index (χ2v) is 6.03. The topological polar surface area (TPSA) is 26.3 Å². The van der Waals surface area contributed by atoms with Gasteiger partial charge in [0.05, 0.1) is 5.56 Å². The lowest BCUT2D eigenvalue weighted by molar-refractivity contribution is 0.0961. The first-order valence-electron chi connectivity index (χ1n) is 7.72. The molecule has 0 radical (unpaired) electrons. The third-order valence-electron chi connectivity index (χ3n) is 4.54. The number of carbonyl (C=O) groups excluding carboxylic acids is 1. The van der Waals surface area contributed by atoms with Gasteiger partial charge in [-0.2, -0.15) is 0 Å². The monoisotopic (exact) mass is 270 g/mol. The smallest absolute Gasteiger partial charge is 0.203 e. The van der Waals surface area contributed by atoms with Crippen molar-refractivity contribution in [1.82, 2.24) is 0 Å². The Hall–Kier alpha value is -1.57. The second-order valence-electron chi connectivity index (χ2n) is 6.03. The van der Waals surface area contributed by atoms with E-state index in [-0.39, 0.29) is 12.4 Å². The van der Waals surface area contributed by atoms with Crippen LogP contribution >= 0.6 is 0 Å². The molecule has 1 saturated carbocycles. The van der Waals surface area contributed by atoms with Crippen LogP contribution in [0.15, 0.2) is 18.2 Å². The van der Waals surface area contributed by atoms with E-state index in [2.05, 4.69) is 19.1 Å². The standard InChI is InChI=1S/C18H22O2/c1-13-10-11-16-17(19)12-20-18(16)15(13)9-5-8-14-6-3-2-4-7-14/h5,9-11,14H,2-4,6-8,12H2,1H3/b9-5+. The average Bonchev–Trinajstić information content (AvgIpc) is 2.84. The van der Waals surface area contributed by atoms with Crippen molar-refractivity contribution in [3.05, 3.63) is 34.9 Å². The van der Waals surface area contributed by atoms with Crippen molar-refractivity contribution in [3.8, 4) is 5.75 Å². The maximum atomic E-state index is 11.7. The van der Waals surface area contributed by atoms with Gasteiger partial charge in [0.1, 0.15) is 5.75 Å². The van der Waals surface area contributed by atoms with Crippen molar-refractivity contribution in [1.29, 1.82) is 0 Å². The summed E-state index contributed by atoms with van der Waals surface area (Å²) < 4.78 is 5.56. The van der Waals surface area contributed by atoms with Crippen LogP contribution in [0.1, 0.15) is 60.0 Å². The molecular formula is C18H22O2. The SMILES string of the molecule is Cc1ccc2c(c1/C=C/CC1CCCCC1)OCC2=O. The molecule has 20 heavy (non-hydrogen) atoms. The zero-order chi connectivity index (χ0) is 13.9. The second kappa shape index (κ2) is 5.82. The van der Waals surface area contributed by atoms with Gasteiger partial charge in [0.25, 0.3) is 0 Å². The predicted octanol–water partition coefficient (Wildman–Crippen LogP) is 4.55. The molecule has 1 aromatic carbocycles. The highest BCUT2D eigenvalue weighted by Gasteiger charge is 2.24. The molecule has 1 fully saturated rings. The number of rotatable bonds is 3. The van der Waals surface area contributed by atoms with Gasteiger partial charge in [0.2, 0.25) is 5.78 Å². The highest BCUT2D eigenvalue weighted by atomic mass is 16.5. The molecule has 1 aromatic rings. The van der Waals surface area contributed by atoms with E-state index < -0.39 is 0 Å². The summed E-state index contributed by atoms with van der Waals surface area (Å²) in [6, 6.07) is 3.91. The summed E-state index contributed by atoms with van der Waals surface area (Å²) in [4.78, 5) is 11.7. The van der Waals surface area contributed by atoms with Crippen LogP contribution in [0.25, 0.3) is 6.08 Å². The highest BCUT2D eigenvalue weighted by Crippen LogP contribution is 2.33. The Balaban J connectivity index is 1.75. The molecule has 0 bridgehead atoms. The molecule has 0 saturated heterocycles. The Morgan fingerprint density at radius 3 is 2.85 bits per heavy atom. The maximum Gasteiger partial charge on any atom is 0.203 e. The minimum atomic E-state index is 0.0990. The molecule has 0 aromatic heterocycles. The lowest BCUT2D eigenvalue weighted by Gasteiger charge is -2.19. The number of fused-ring (bicyclic) bond motifs is 1. The van der Waals surface area contributed by atoms with Crippen LogP contribution in [-0.4, -0.2) is 12.4 Å². The fraction of sp³-hybridized carbons (Fsp3) is 0.500. The van der Waals surface area contributed by atoms with Crippen molar-refractivity contribution in [2.24, 2.45) is 5.92 Å². The summed E-state index contributed by atoms with van der Waals surface area (Å²) in [6.07, 6.45) is 12.5. The Bertz CT molecular complexity index is 537. The Morgan fingerprint density at radius 2 is 2.05 bits per heavy atom. The van der Waals surface area contributed by atoms with Crippen LogP contribution in [0.2, 0.25) is 0 Å². The van der Waals surface area contributed by atoms with Gasteiger partial charge in [0.15, 0.2) is 6.61 Å². The predicted molar refractivity (Wildman–Crippen MR) is 81.2 cm³/mol. The van der Waals surface area contributed by atoms with Gasteiger partial charge in [-0.25, -0.2) is 0 Å². The van der Waals surface area contributed by atoms with Gasteiger partial charge in [-0.15, -0.1) is 0 Å². The van der Waals surface area contributed by atoms with Crippen molar-refractivity contribution in [3.63, 3.8) is 0 Å². The average molecular weight is 270 g/mol. The molecule has 3 rings (SSSR count). The van der Waals surface area contributed by atoms with Crippen LogP contribution in [0, 0.1) is 12.8 Å². The van der Waals surface area contributed by atoms with E-state index in [9.17, 15) is 4.79 Å². The summed E-state index contributed by atoms with van der Waals surface area (Å²) in [5.74, 6) is 1.73. The van der Waals surface area contributed by atoms with E-state index in [0.717, 1.165) is 29.2 Å². The molecule has 2 aliphatic rings. The molecule has 2 heteroatoms. The fourth-order valence-corrected chi connectivity index (χ4v) is 3.30. The van der Waals surface area contributed by atoms with E-state index in [1.165, 1.54) is 37.7 Å². The molecule has 0 atom stereocenters. The lowest BCUT2D eigenvalue weighted by Crippen LogP contribution is -2.04. The molecule has 0 amide bonds. The Labute approximate surface area is 120 Å². The summed E-state index contributed by atoms with van der Waals surface area (Å²) in [6.45, 7) is 2.27. The van der Waals surface area contributed by atoms with Gasteiger partial charge in [-0.05, 0) is 30.9 Å². The normalized spacial score (nSPS) is 19.4. The number of carbonyl (C=O) groups is 1. The number of allylic oxidation sites excluding steroid dienone is 1. The summed E-state index contributed by atoms with van der Waals surface area (Å²) in [7, 11) is 0. The molecule has 0 unspecified atom stereocenters. The molecule has 1 aliphatic heterocycles. The number of hydrogen-bond donors (Lipinski definition) is 0. The molecule has 0 spiro atoms. The Kier molecular flexibility index (Phi) is 3.90. The van der Waals surface area contributed by atoms with Crippen LogP contribution in [-0.2, 0) is 0 Å². The summed E-state index contributed by atoms with van der Waals surface area (Å²) in [5, 5.41) is 0. The van der Waals surface area contributed by atoms with Gasteiger partial charge < -0.3 is 4.74 Å². The van der Waals surface area contributed by atoms with E-state index in [0.29, 0.717) is 0 Å². The third-order valence-corrected chi connectivity index (χ3v) is 4.54. The zero-order valence-corrected chi connectivity index (χ0v) is 12.2. The molecule has 2 nitrogen and oxygen atoms in total. The fourth-order valence-electron chi connectivity index (χ4n) is 3.30. The van der Waals surface area contributed by atoms with Crippen molar-refractivity contribution in [2.75, 3.05) is 6.61 Å². The van der Waals surface area contributed by atoms with Crippen molar-refractivity contribution < 1.29 is 9.53 Å². The number of ketones is 1. The molecule has 0 N–H and O–H groups in total. The van der Waals surface area contributed by atoms with Gasteiger partial charge >= 0.3 is 0 Å². The molecule has 1 heterocycles. The van der Waals surface area contributed by atoms with Crippen molar-refractivity contribution >= 4 is 11.9 Å². The van der Waals surface area contributed by atoms with Crippen molar-refractivity contribution in [2.45, 2.75) is 45.4 Å². The Morgan fingerprint density at radius 1 is 1.25 bits per heavy atom. The van der Waals surface area contributed by atoms with E-state index in [4.69, 9.17) is 4.74 Å². The van der Waals surface area contributed by atoms with Gasteiger partial charge in [0, 0.05) is 5.56 Å². The van der Waals surface area contributed by atoms with Gasteiger partial charge in [-0.3, -0.25) is 4.79 Å². The van der Waals surface area contributed by atoms with E-state index >= 15 is 0 Å². The number of hydrogen-bond acceptors (Lipinski definition) is 2.